The number of aliphatic hydroxyl groups is 1. The minimum atomic E-state index is -0.458. The Morgan fingerprint density at radius 3 is 3.05 bits per heavy atom. The number of hydrogen-bond donors (Lipinski definition) is 2. The van der Waals surface area contributed by atoms with Crippen molar-refractivity contribution in [1.82, 2.24) is 9.88 Å². The first-order chi connectivity index (χ1) is 9.45. The fraction of sp³-hybridized carbons (Fsp3) is 0.571. The molecule has 20 heavy (non-hydrogen) atoms. The summed E-state index contributed by atoms with van der Waals surface area (Å²) >= 11 is 0. The van der Waals surface area contributed by atoms with Crippen LogP contribution >= 0.6 is 0 Å². The molecular formula is C14H21N3O3. The van der Waals surface area contributed by atoms with Gasteiger partial charge in [-0.05, 0) is 26.0 Å². The van der Waals surface area contributed by atoms with Crippen LogP contribution < -0.4 is 5.32 Å². The number of ether oxygens (including phenoxy) is 1. The zero-order chi connectivity index (χ0) is 14.8. The lowest BCUT2D eigenvalue weighted by Gasteiger charge is -2.42. The molecule has 1 atom stereocenters. The maximum Gasteiger partial charge on any atom is 0.254 e. The molecule has 1 amide bonds. The van der Waals surface area contributed by atoms with Crippen molar-refractivity contribution in [2.24, 2.45) is 0 Å². The minimum absolute atomic E-state index is 0.0706. The summed E-state index contributed by atoms with van der Waals surface area (Å²) in [6, 6.07) is 3.42. The van der Waals surface area contributed by atoms with Gasteiger partial charge in [0.05, 0.1) is 18.3 Å². The molecular weight excluding hydrogens is 258 g/mol. The Hall–Kier alpha value is -1.66. The van der Waals surface area contributed by atoms with Gasteiger partial charge in [0.15, 0.2) is 0 Å². The van der Waals surface area contributed by atoms with E-state index in [0.29, 0.717) is 24.5 Å². The molecule has 1 aliphatic rings. The summed E-state index contributed by atoms with van der Waals surface area (Å²) in [6.45, 7) is 4.64. The highest BCUT2D eigenvalue weighted by molar-refractivity contribution is 5.95. The molecule has 1 aromatic heterocycles. The van der Waals surface area contributed by atoms with Crippen molar-refractivity contribution in [2.75, 3.05) is 32.1 Å². The van der Waals surface area contributed by atoms with Crippen LogP contribution in [0.3, 0.4) is 0 Å². The second-order valence-electron chi connectivity index (χ2n) is 5.55. The van der Waals surface area contributed by atoms with Gasteiger partial charge in [-0.25, -0.2) is 4.98 Å². The van der Waals surface area contributed by atoms with E-state index in [1.54, 1.807) is 30.3 Å². The number of aliphatic hydroxyl groups excluding tert-OH is 1. The van der Waals surface area contributed by atoms with Crippen molar-refractivity contribution >= 4 is 11.7 Å². The molecule has 0 spiro atoms. The first kappa shape index (κ1) is 14.7. The van der Waals surface area contributed by atoms with Gasteiger partial charge in [0.25, 0.3) is 5.91 Å². The summed E-state index contributed by atoms with van der Waals surface area (Å²) in [5, 5.41) is 12.2. The highest BCUT2D eigenvalue weighted by Gasteiger charge is 2.35. The Balaban J connectivity index is 2.18. The van der Waals surface area contributed by atoms with E-state index in [9.17, 15) is 9.90 Å². The van der Waals surface area contributed by atoms with Crippen LogP contribution in [0.5, 0.6) is 0 Å². The average Bonchev–Trinajstić information content (AvgIpc) is 2.44. The summed E-state index contributed by atoms with van der Waals surface area (Å²) in [6.07, 6.45) is 1.27. The molecule has 0 bridgehead atoms. The zero-order valence-electron chi connectivity index (χ0n) is 12.1. The van der Waals surface area contributed by atoms with Gasteiger partial charge < -0.3 is 20.1 Å². The Bertz CT molecular complexity index is 490. The smallest absolute Gasteiger partial charge is 0.254 e. The molecule has 6 heteroatoms. The van der Waals surface area contributed by atoms with Gasteiger partial charge in [0.2, 0.25) is 0 Å². The number of morpholine rings is 1. The van der Waals surface area contributed by atoms with Crippen LogP contribution in [-0.4, -0.2) is 59.3 Å². The maximum atomic E-state index is 12.6. The summed E-state index contributed by atoms with van der Waals surface area (Å²) in [5.41, 5.74) is 0.124. The van der Waals surface area contributed by atoms with Crippen LogP contribution in [0, 0.1) is 0 Å². The normalized spacial score (nSPS) is 21.6. The topological polar surface area (TPSA) is 74.7 Å². The highest BCUT2D eigenvalue weighted by Crippen LogP contribution is 2.22. The molecule has 0 aromatic carbocycles. The van der Waals surface area contributed by atoms with Crippen molar-refractivity contribution < 1.29 is 14.6 Å². The molecule has 1 aromatic rings. The molecule has 0 aliphatic carbocycles. The Morgan fingerprint density at radius 2 is 2.40 bits per heavy atom. The van der Waals surface area contributed by atoms with Crippen molar-refractivity contribution in [3.63, 3.8) is 0 Å². The lowest BCUT2D eigenvalue weighted by molar-refractivity contribution is -0.139. The van der Waals surface area contributed by atoms with Crippen molar-refractivity contribution in [3.8, 4) is 0 Å². The predicted octanol–water partition coefficient (Wildman–Crippen LogP) is 0.735. The number of amides is 1. The van der Waals surface area contributed by atoms with E-state index in [0.717, 1.165) is 0 Å². The van der Waals surface area contributed by atoms with E-state index >= 15 is 0 Å². The first-order valence-electron chi connectivity index (χ1n) is 6.67. The van der Waals surface area contributed by atoms with E-state index in [4.69, 9.17) is 4.74 Å². The van der Waals surface area contributed by atoms with Crippen LogP contribution in [0.1, 0.15) is 24.2 Å². The van der Waals surface area contributed by atoms with E-state index < -0.39 is 5.60 Å². The number of nitrogens with zero attached hydrogens (tertiary/aromatic N) is 2. The zero-order valence-corrected chi connectivity index (χ0v) is 12.1. The van der Waals surface area contributed by atoms with Gasteiger partial charge in [0, 0.05) is 31.9 Å². The third-order valence-electron chi connectivity index (χ3n) is 3.24. The Kier molecular flexibility index (Phi) is 4.25. The molecule has 1 aliphatic heterocycles. The van der Waals surface area contributed by atoms with E-state index in [1.807, 2.05) is 13.8 Å². The van der Waals surface area contributed by atoms with E-state index in [2.05, 4.69) is 10.3 Å². The third kappa shape index (κ3) is 3.26. The van der Waals surface area contributed by atoms with Crippen molar-refractivity contribution in [2.45, 2.75) is 25.6 Å². The van der Waals surface area contributed by atoms with E-state index in [-0.39, 0.29) is 18.6 Å². The number of carbonyl (C=O) groups excluding carboxylic acids is 1. The number of anilines is 1. The SMILES string of the molecule is CNc1cc(C(=O)N2CC(CO)OC(C)(C)C2)ccn1. The predicted molar refractivity (Wildman–Crippen MR) is 75.7 cm³/mol. The number of aromatic nitrogens is 1. The van der Waals surface area contributed by atoms with Gasteiger partial charge in [-0.2, -0.15) is 0 Å². The van der Waals surface area contributed by atoms with Crippen LogP contribution in [0.25, 0.3) is 0 Å². The number of hydrogen-bond acceptors (Lipinski definition) is 5. The van der Waals surface area contributed by atoms with Gasteiger partial charge in [-0.1, -0.05) is 0 Å². The number of rotatable bonds is 3. The molecule has 1 fully saturated rings. The van der Waals surface area contributed by atoms with Gasteiger partial charge in [0.1, 0.15) is 5.82 Å². The van der Waals surface area contributed by atoms with Crippen LogP contribution in [0.2, 0.25) is 0 Å². The molecule has 1 saturated heterocycles. The summed E-state index contributed by atoms with van der Waals surface area (Å²) in [4.78, 5) is 18.4. The second-order valence-corrected chi connectivity index (χ2v) is 5.55. The summed E-state index contributed by atoms with van der Waals surface area (Å²) in [7, 11) is 1.76. The Morgan fingerprint density at radius 1 is 1.65 bits per heavy atom. The molecule has 0 saturated carbocycles. The summed E-state index contributed by atoms with van der Waals surface area (Å²) in [5.74, 6) is 0.584. The maximum absolute atomic E-state index is 12.6. The lowest BCUT2D eigenvalue weighted by Crippen LogP contribution is -2.55. The number of carbonyl (C=O) groups is 1. The lowest BCUT2D eigenvalue weighted by atomic mass is 10.0. The third-order valence-corrected chi connectivity index (χ3v) is 3.24. The number of nitrogens with one attached hydrogen (secondary N) is 1. The van der Waals surface area contributed by atoms with E-state index in [1.165, 1.54) is 0 Å². The molecule has 6 nitrogen and oxygen atoms in total. The molecule has 1 unspecified atom stereocenters. The van der Waals surface area contributed by atoms with Crippen molar-refractivity contribution in [1.29, 1.82) is 0 Å². The van der Waals surface area contributed by atoms with Gasteiger partial charge in [-0.3, -0.25) is 4.79 Å². The molecule has 2 N–H and O–H groups in total. The molecule has 110 valence electrons. The van der Waals surface area contributed by atoms with Gasteiger partial charge >= 0.3 is 0 Å². The molecule has 2 rings (SSSR count). The van der Waals surface area contributed by atoms with Crippen molar-refractivity contribution in [3.05, 3.63) is 23.9 Å². The average molecular weight is 279 g/mol. The standard InChI is InChI=1S/C14H21N3O3/c1-14(2)9-17(7-11(8-18)20-14)13(19)10-4-5-16-12(6-10)15-3/h4-6,11,18H,7-9H2,1-3H3,(H,15,16). The van der Waals surface area contributed by atoms with Crippen LogP contribution in [0.4, 0.5) is 5.82 Å². The number of pyridine rings is 1. The quantitative estimate of drug-likeness (QED) is 0.853. The van der Waals surface area contributed by atoms with Crippen LogP contribution in [-0.2, 0) is 4.74 Å². The van der Waals surface area contributed by atoms with Crippen LogP contribution in [0.15, 0.2) is 18.3 Å². The fourth-order valence-electron chi connectivity index (χ4n) is 2.43. The first-order valence-corrected chi connectivity index (χ1v) is 6.67. The molecule has 0 radical (unpaired) electrons. The monoisotopic (exact) mass is 279 g/mol. The fourth-order valence-corrected chi connectivity index (χ4v) is 2.43. The highest BCUT2D eigenvalue weighted by atomic mass is 16.5. The molecule has 2 heterocycles. The second kappa shape index (κ2) is 5.76. The largest absolute Gasteiger partial charge is 0.394 e. The Labute approximate surface area is 118 Å². The minimum Gasteiger partial charge on any atom is -0.394 e. The van der Waals surface area contributed by atoms with Gasteiger partial charge in [-0.15, -0.1) is 0 Å². The summed E-state index contributed by atoms with van der Waals surface area (Å²) < 4.78 is 5.72.